The third-order valence-electron chi connectivity index (χ3n) is 3.99. The van der Waals surface area contributed by atoms with Crippen LogP contribution in [0.4, 0.5) is 15.2 Å². The van der Waals surface area contributed by atoms with Crippen molar-refractivity contribution in [3.8, 4) is 0 Å². The Hall–Kier alpha value is -2.45. The first kappa shape index (κ1) is 20.3. The highest BCUT2D eigenvalue weighted by Crippen LogP contribution is 2.31. The number of carbonyl (C=O) groups is 1. The highest BCUT2D eigenvalue weighted by atomic mass is 32.2. The zero-order valence-electron chi connectivity index (χ0n) is 15.8. The third kappa shape index (κ3) is 5.53. The smallest absolute Gasteiger partial charge is 0.235 e. The number of amides is 1. The molecule has 1 heterocycles. The van der Waals surface area contributed by atoms with Crippen LogP contribution in [0.2, 0.25) is 0 Å². The number of halogens is 1. The van der Waals surface area contributed by atoms with Gasteiger partial charge in [0.2, 0.25) is 11.0 Å². The van der Waals surface area contributed by atoms with Crippen LogP contribution in [0.5, 0.6) is 0 Å². The molecule has 0 radical (unpaired) electrons. The summed E-state index contributed by atoms with van der Waals surface area (Å²) in [4.78, 5) is 14.2. The summed E-state index contributed by atoms with van der Waals surface area (Å²) < 4.78 is 14.0. The first-order valence-electron chi connectivity index (χ1n) is 8.74. The van der Waals surface area contributed by atoms with Gasteiger partial charge in [0.25, 0.3) is 0 Å². The summed E-state index contributed by atoms with van der Waals surface area (Å²) in [6.45, 7) is 4.22. The van der Waals surface area contributed by atoms with Gasteiger partial charge in [-0.2, -0.15) is 0 Å². The van der Waals surface area contributed by atoms with E-state index in [4.69, 9.17) is 0 Å². The molecule has 0 fully saturated rings. The Labute approximate surface area is 172 Å². The van der Waals surface area contributed by atoms with Gasteiger partial charge in [-0.15, -0.1) is 10.2 Å². The number of nitrogens with zero attached hydrogens (tertiary/aromatic N) is 3. The number of nitrogens with one attached hydrogen (secondary N) is 1. The molecule has 3 aromatic rings. The van der Waals surface area contributed by atoms with Gasteiger partial charge in [0.05, 0.1) is 5.25 Å². The molecular formula is C20H21FN4OS2. The Morgan fingerprint density at radius 2 is 2.04 bits per heavy atom. The lowest BCUT2D eigenvalue weighted by atomic mass is 10.2. The molecule has 28 heavy (non-hydrogen) atoms. The van der Waals surface area contributed by atoms with Gasteiger partial charge in [0.1, 0.15) is 5.82 Å². The van der Waals surface area contributed by atoms with Crippen molar-refractivity contribution in [3.63, 3.8) is 0 Å². The van der Waals surface area contributed by atoms with Crippen molar-refractivity contribution in [1.82, 2.24) is 15.1 Å². The third-order valence-corrected chi connectivity index (χ3v) is 6.00. The predicted octanol–water partition coefficient (Wildman–Crippen LogP) is 4.87. The van der Waals surface area contributed by atoms with E-state index in [9.17, 15) is 9.18 Å². The highest BCUT2D eigenvalue weighted by Gasteiger charge is 2.21. The van der Waals surface area contributed by atoms with Crippen molar-refractivity contribution in [2.24, 2.45) is 0 Å². The first-order chi connectivity index (χ1) is 13.4. The van der Waals surface area contributed by atoms with E-state index in [-0.39, 0.29) is 17.0 Å². The van der Waals surface area contributed by atoms with Gasteiger partial charge in [-0.1, -0.05) is 47.4 Å². The van der Waals surface area contributed by atoms with Gasteiger partial charge in [-0.25, -0.2) is 4.39 Å². The molecule has 1 aromatic heterocycles. The Balaban J connectivity index is 1.57. The maximum absolute atomic E-state index is 13.3. The van der Waals surface area contributed by atoms with Crippen LogP contribution in [0.3, 0.4) is 0 Å². The SMILES string of the molecule is Cc1cccc(Nc2nnc(SC(C)C(=O)N(C)Cc3cccc(F)c3)s2)c1. The van der Waals surface area contributed by atoms with Crippen LogP contribution in [0.1, 0.15) is 18.1 Å². The minimum absolute atomic E-state index is 0.0438. The second-order valence-corrected chi connectivity index (χ2v) is 9.02. The maximum atomic E-state index is 13.3. The Morgan fingerprint density at radius 1 is 1.25 bits per heavy atom. The largest absolute Gasteiger partial charge is 0.340 e. The van der Waals surface area contributed by atoms with E-state index in [0.717, 1.165) is 21.2 Å². The Bertz CT molecular complexity index is 963. The minimum atomic E-state index is -0.321. The molecule has 1 atom stereocenters. The number of hydrogen-bond acceptors (Lipinski definition) is 6. The minimum Gasteiger partial charge on any atom is -0.340 e. The molecule has 0 saturated heterocycles. The van der Waals surface area contributed by atoms with E-state index in [1.54, 1.807) is 24.1 Å². The molecule has 0 aliphatic heterocycles. The fourth-order valence-corrected chi connectivity index (χ4v) is 4.68. The number of rotatable bonds is 7. The fraction of sp³-hybridized carbons (Fsp3) is 0.250. The van der Waals surface area contributed by atoms with Crippen LogP contribution in [0.25, 0.3) is 0 Å². The van der Waals surface area contributed by atoms with Gasteiger partial charge < -0.3 is 10.2 Å². The number of aryl methyl sites for hydroxylation is 1. The van der Waals surface area contributed by atoms with Crippen LogP contribution in [-0.4, -0.2) is 33.3 Å². The van der Waals surface area contributed by atoms with Gasteiger partial charge >= 0.3 is 0 Å². The van der Waals surface area contributed by atoms with E-state index in [1.165, 1.54) is 35.2 Å². The summed E-state index contributed by atoms with van der Waals surface area (Å²) in [5.41, 5.74) is 2.87. The van der Waals surface area contributed by atoms with Gasteiger partial charge in [0.15, 0.2) is 4.34 Å². The molecule has 0 aliphatic carbocycles. The number of benzene rings is 2. The zero-order chi connectivity index (χ0) is 20.1. The predicted molar refractivity (Wildman–Crippen MR) is 113 cm³/mol. The quantitative estimate of drug-likeness (QED) is 0.557. The highest BCUT2D eigenvalue weighted by molar-refractivity contribution is 8.02. The van der Waals surface area contributed by atoms with Crippen molar-refractivity contribution >= 4 is 39.8 Å². The van der Waals surface area contributed by atoms with Crippen molar-refractivity contribution in [1.29, 1.82) is 0 Å². The monoisotopic (exact) mass is 416 g/mol. The van der Waals surface area contributed by atoms with Crippen LogP contribution < -0.4 is 5.32 Å². The summed E-state index contributed by atoms with van der Waals surface area (Å²) in [6, 6.07) is 14.3. The maximum Gasteiger partial charge on any atom is 0.235 e. The Morgan fingerprint density at radius 3 is 2.79 bits per heavy atom. The number of carbonyl (C=O) groups excluding carboxylic acids is 1. The lowest BCUT2D eigenvalue weighted by molar-refractivity contribution is -0.129. The molecular weight excluding hydrogens is 395 g/mol. The van der Waals surface area contributed by atoms with Crippen molar-refractivity contribution < 1.29 is 9.18 Å². The lowest BCUT2D eigenvalue weighted by Gasteiger charge is -2.20. The van der Waals surface area contributed by atoms with E-state index >= 15 is 0 Å². The first-order valence-corrected chi connectivity index (χ1v) is 10.4. The molecule has 1 N–H and O–H groups in total. The second kappa shape index (κ2) is 9.16. The van der Waals surface area contributed by atoms with E-state index in [1.807, 2.05) is 38.1 Å². The van der Waals surface area contributed by atoms with Crippen LogP contribution >= 0.6 is 23.1 Å². The van der Waals surface area contributed by atoms with Crippen LogP contribution in [-0.2, 0) is 11.3 Å². The molecule has 8 heteroatoms. The summed E-state index contributed by atoms with van der Waals surface area (Å²) >= 11 is 2.77. The molecule has 1 amide bonds. The van der Waals surface area contributed by atoms with Crippen molar-refractivity contribution in [2.45, 2.75) is 30.0 Å². The topological polar surface area (TPSA) is 58.1 Å². The molecule has 146 valence electrons. The number of anilines is 2. The van der Waals surface area contributed by atoms with Crippen LogP contribution in [0.15, 0.2) is 52.9 Å². The average Bonchev–Trinajstić information content (AvgIpc) is 3.07. The van der Waals surface area contributed by atoms with Gasteiger partial charge in [-0.05, 0) is 49.2 Å². The van der Waals surface area contributed by atoms with Gasteiger partial charge in [0, 0.05) is 19.3 Å². The second-order valence-electron chi connectivity index (χ2n) is 6.45. The normalized spacial score (nSPS) is 11.9. The number of hydrogen-bond donors (Lipinski definition) is 1. The average molecular weight is 417 g/mol. The Kier molecular flexibility index (Phi) is 6.64. The zero-order valence-corrected chi connectivity index (χ0v) is 17.5. The summed E-state index contributed by atoms with van der Waals surface area (Å²) in [5, 5.41) is 11.9. The van der Waals surface area contributed by atoms with Crippen LogP contribution in [0, 0.1) is 12.7 Å². The van der Waals surface area contributed by atoms with E-state index in [0.29, 0.717) is 11.7 Å². The standard InChI is InChI=1S/C20H21FN4OS2/c1-13-6-4-9-17(10-13)22-19-23-24-20(28-19)27-14(2)18(26)25(3)12-15-7-5-8-16(21)11-15/h4-11,14H,12H2,1-3H3,(H,22,23). The summed E-state index contributed by atoms with van der Waals surface area (Å²) in [7, 11) is 1.72. The lowest BCUT2D eigenvalue weighted by Crippen LogP contribution is -2.32. The molecule has 0 bridgehead atoms. The number of thioether (sulfide) groups is 1. The molecule has 0 aliphatic rings. The van der Waals surface area contributed by atoms with Crippen molar-refractivity contribution in [2.75, 3.05) is 12.4 Å². The summed E-state index contributed by atoms with van der Waals surface area (Å²) in [6.07, 6.45) is 0. The van der Waals surface area contributed by atoms with E-state index < -0.39 is 0 Å². The van der Waals surface area contributed by atoms with Crippen molar-refractivity contribution in [3.05, 3.63) is 65.5 Å². The molecule has 5 nitrogen and oxygen atoms in total. The summed E-state index contributed by atoms with van der Waals surface area (Å²) in [5.74, 6) is -0.346. The molecule has 2 aromatic carbocycles. The molecule has 3 rings (SSSR count). The van der Waals surface area contributed by atoms with Gasteiger partial charge in [-0.3, -0.25) is 4.79 Å². The fourth-order valence-electron chi connectivity index (χ4n) is 2.65. The number of aromatic nitrogens is 2. The van der Waals surface area contributed by atoms with E-state index in [2.05, 4.69) is 15.5 Å². The molecule has 0 saturated carbocycles. The molecule has 1 unspecified atom stereocenters. The molecule has 0 spiro atoms.